The summed E-state index contributed by atoms with van der Waals surface area (Å²) in [6, 6.07) is 9.17. The second-order valence-electron chi connectivity index (χ2n) is 6.79. The zero-order valence-electron chi connectivity index (χ0n) is 16.0. The number of hydrogen-bond donors (Lipinski definition) is 1. The van der Waals surface area contributed by atoms with Crippen molar-refractivity contribution in [3.63, 3.8) is 0 Å². The topological polar surface area (TPSA) is 71.5 Å². The molecule has 0 spiro atoms. The van der Waals surface area contributed by atoms with Gasteiger partial charge in [-0.2, -0.15) is 0 Å². The fraction of sp³-hybridized carbons (Fsp3) is 0.381. The van der Waals surface area contributed by atoms with Crippen molar-refractivity contribution in [2.45, 2.75) is 33.3 Å². The Hall–Kier alpha value is -2.89. The molecule has 0 bridgehead atoms. The molecule has 3 rings (SSSR count). The van der Waals surface area contributed by atoms with Crippen LogP contribution in [0.5, 0.6) is 5.88 Å². The van der Waals surface area contributed by atoms with Gasteiger partial charge in [0, 0.05) is 31.3 Å². The number of hydrogen-bond acceptors (Lipinski definition) is 4. The van der Waals surface area contributed by atoms with Gasteiger partial charge in [0.1, 0.15) is 11.7 Å². The van der Waals surface area contributed by atoms with E-state index in [4.69, 9.17) is 4.74 Å². The Morgan fingerprint density at radius 1 is 1.26 bits per heavy atom. The summed E-state index contributed by atoms with van der Waals surface area (Å²) in [5.74, 6) is 0.116. The Morgan fingerprint density at radius 2 is 2.07 bits per heavy atom. The first-order valence-electron chi connectivity index (χ1n) is 9.26. The van der Waals surface area contributed by atoms with Gasteiger partial charge in [-0.1, -0.05) is 6.07 Å². The molecule has 1 aromatic heterocycles. The van der Waals surface area contributed by atoms with Crippen molar-refractivity contribution in [3.8, 4) is 5.88 Å². The van der Waals surface area contributed by atoms with E-state index in [1.807, 2.05) is 39.0 Å². The molecule has 6 heteroatoms. The monoisotopic (exact) mass is 367 g/mol. The first kappa shape index (κ1) is 18.9. The summed E-state index contributed by atoms with van der Waals surface area (Å²) in [6.45, 7) is 7.54. The molecule has 2 amide bonds. The lowest BCUT2D eigenvalue weighted by atomic mass is 10.1. The zero-order chi connectivity index (χ0) is 19.4. The predicted molar refractivity (Wildman–Crippen MR) is 103 cm³/mol. The van der Waals surface area contributed by atoms with Gasteiger partial charge in [-0.15, -0.1) is 0 Å². The van der Waals surface area contributed by atoms with Crippen LogP contribution in [-0.2, 0) is 0 Å². The lowest BCUT2D eigenvalue weighted by Crippen LogP contribution is -2.31. The van der Waals surface area contributed by atoms with Crippen molar-refractivity contribution in [2.24, 2.45) is 0 Å². The molecular weight excluding hydrogens is 342 g/mol. The highest BCUT2D eigenvalue weighted by Gasteiger charge is 2.29. The third-order valence-electron chi connectivity index (χ3n) is 4.82. The van der Waals surface area contributed by atoms with E-state index in [0.29, 0.717) is 43.1 Å². The minimum Gasteiger partial charge on any atom is -0.472 e. The molecule has 27 heavy (non-hydrogen) atoms. The van der Waals surface area contributed by atoms with E-state index in [9.17, 15) is 9.59 Å². The minimum absolute atomic E-state index is 0.00849. The molecule has 1 N–H and O–H groups in total. The normalized spacial score (nSPS) is 16.3. The van der Waals surface area contributed by atoms with Gasteiger partial charge in [0.15, 0.2) is 0 Å². The number of rotatable bonds is 5. The smallest absolute Gasteiger partial charge is 0.256 e. The summed E-state index contributed by atoms with van der Waals surface area (Å²) < 4.78 is 5.97. The second kappa shape index (κ2) is 8.20. The number of nitrogens with zero attached hydrogens (tertiary/aromatic N) is 2. The number of carbonyl (C=O) groups excluding carboxylic acids is 2. The Balaban J connectivity index is 1.67. The van der Waals surface area contributed by atoms with E-state index in [0.717, 1.165) is 5.56 Å². The number of benzene rings is 1. The lowest BCUT2D eigenvalue weighted by Gasteiger charge is -2.18. The zero-order valence-corrected chi connectivity index (χ0v) is 16.0. The molecule has 1 saturated heterocycles. The number of pyridine rings is 1. The van der Waals surface area contributed by atoms with Gasteiger partial charge in [0.05, 0.1) is 6.54 Å². The SMILES string of the molecule is CCNC(=O)c1cccnc1OC1CCN(C(=O)c2ccc(C)c(C)c2)C1. The summed E-state index contributed by atoms with van der Waals surface area (Å²) in [5.41, 5.74) is 3.38. The van der Waals surface area contributed by atoms with Crippen molar-refractivity contribution in [3.05, 3.63) is 58.8 Å². The average molecular weight is 367 g/mol. The molecular formula is C21H25N3O3. The molecule has 6 nitrogen and oxygen atoms in total. The summed E-state index contributed by atoms with van der Waals surface area (Å²) in [7, 11) is 0. The van der Waals surface area contributed by atoms with Crippen molar-refractivity contribution in [2.75, 3.05) is 19.6 Å². The van der Waals surface area contributed by atoms with Crippen LogP contribution < -0.4 is 10.1 Å². The number of aromatic nitrogens is 1. The fourth-order valence-electron chi connectivity index (χ4n) is 3.14. The van der Waals surface area contributed by atoms with Crippen LogP contribution in [-0.4, -0.2) is 47.4 Å². The highest BCUT2D eigenvalue weighted by atomic mass is 16.5. The third-order valence-corrected chi connectivity index (χ3v) is 4.82. The number of ether oxygens (including phenoxy) is 1. The highest BCUT2D eigenvalue weighted by Crippen LogP contribution is 2.22. The minimum atomic E-state index is -0.207. The van der Waals surface area contributed by atoms with E-state index in [1.165, 1.54) is 5.56 Å². The van der Waals surface area contributed by atoms with Crippen LogP contribution in [0.4, 0.5) is 0 Å². The summed E-state index contributed by atoms with van der Waals surface area (Å²) >= 11 is 0. The van der Waals surface area contributed by atoms with Crippen LogP contribution in [0, 0.1) is 13.8 Å². The Labute approximate surface area is 159 Å². The first-order chi connectivity index (χ1) is 13.0. The van der Waals surface area contributed by atoms with Gasteiger partial charge < -0.3 is 15.0 Å². The maximum absolute atomic E-state index is 12.8. The fourth-order valence-corrected chi connectivity index (χ4v) is 3.14. The highest BCUT2D eigenvalue weighted by molar-refractivity contribution is 5.96. The molecule has 2 heterocycles. The molecule has 1 aliphatic rings. The molecule has 142 valence electrons. The lowest BCUT2D eigenvalue weighted by molar-refractivity contribution is 0.0768. The van der Waals surface area contributed by atoms with E-state index in [2.05, 4.69) is 10.3 Å². The van der Waals surface area contributed by atoms with E-state index in [-0.39, 0.29) is 17.9 Å². The van der Waals surface area contributed by atoms with Gasteiger partial charge in [-0.3, -0.25) is 9.59 Å². The number of nitrogens with one attached hydrogen (secondary N) is 1. The predicted octanol–water partition coefficient (Wildman–Crippen LogP) is 2.74. The summed E-state index contributed by atoms with van der Waals surface area (Å²) in [6.07, 6.45) is 2.14. The van der Waals surface area contributed by atoms with Gasteiger partial charge in [0.25, 0.3) is 11.8 Å². The van der Waals surface area contributed by atoms with Crippen molar-refractivity contribution in [1.29, 1.82) is 0 Å². The van der Waals surface area contributed by atoms with E-state index >= 15 is 0 Å². The summed E-state index contributed by atoms with van der Waals surface area (Å²) in [4.78, 5) is 30.9. The van der Waals surface area contributed by atoms with Crippen LogP contribution in [0.1, 0.15) is 45.2 Å². The molecule has 0 aliphatic carbocycles. The van der Waals surface area contributed by atoms with E-state index < -0.39 is 0 Å². The Kier molecular flexibility index (Phi) is 5.74. The second-order valence-corrected chi connectivity index (χ2v) is 6.79. The average Bonchev–Trinajstić information content (AvgIpc) is 3.12. The molecule has 1 aromatic carbocycles. The number of carbonyl (C=O) groups is 2. The Morgan fingerprint density at radius 3 is 2.81 bits per heavy atom. The van der Waals surface area contributed by atoms with E-state index in [1.54, 1.807) is 23.2 Å². The summed E-state index contributed by atoms with van der Waals surface area (Å²) in [5, 5.41) is 2.76. The molecule has 1 aliphatic heterocycles. The van der Waals surface area contributed by atoms with Crippen LogP contribution in [0.3, 0.4) is 0 Å². The van der Waals surface area contributed by atoms with Crippen LogP contribution >= 0.6 is 0 Å². The standard InChI is InChI=1S/C21H25N3O3/c1-4-22-19(25)18-6-5-10-23-20(18)27-17-9-11-24(13-17)21(26)16-8-7-14(2)15(3)12-16/h5-8,10,12,17H,4,9,11,13H2,1-3H3,(H,22,25). The molecule has 2 aromatic rings. The third kappa shape index (κ3) is 4.27. The van der Waals surface area contributed by atoms with Crippen molar-refractivity contribution < 1.29 is 14.3 Å². The number of aryl methyl sites for hydroxylation is 2. The number of likely N-dealkylation sites (tertiary alicyclic amines) is 1. The van der Waals surface area contributed by atoms with Gasteiger partial charge in [-0.25, -0.2) is 4.98 Å². The first-order valence-corrected chi connectivity index (χ1v) is 9.26. The maximum atomic E-state index is 12.8. The number of amides is 2. The molecule has 1 unspecified atom stereocenters. The van der Waals surface area contributed by atoms with Gasteiger partial charge in [-0.05, 0) is 56.2 Å². The van der Waals surface area contributed by atoms with Crippen molar-refractivity contribution >= 4 is 11.8 Å². The molecule has 1 fully saturated rings. The largest absolute Gasteiger partial charge is 0.472 e. The maximum Gasteiger partial charge on any atom is 0.256 e. The van der Waals surface area contributed by atoms with Gasteiger partial charge >= 0.3 is 0 Å². The van der Waals surface area contributed by atoms with Gasteiger partial charge in [0.2, 0.25) is 5.88 Å². The van der Waals surface area contributed by atoms with Crippen LogP contribution in [0.15, 0.2) is 36.5 Å². The quantitative estimate of drug-likeness (QED) is 0.882. The van der Waals surface area contributed by atoms with Crippen LogP contribution in [0.2, 0.25) is 0 Å². The molecule has 0 radical (unpaired) electrons. The Bertz CT molecular complexity index is 850. The van der Waals surface area contributed by atoms with Crippen LogP contribution in [0.25, 0.3) is 0 Å². The molecule has 1 atom stereocenters. The van der Waals surface area contributed by atoms with Crippen molar-refractivity contribution in [1.82, 2.24) is 15.2 Å². The molecule has 0 saturated carbocycles.